The average Bonchev–Trinajstić information content (AvgIpc) is 2.85. The van der Waals surface area contributed by atoms with Crippen LogP contribution in [-0.4, -0.2) is 53.5 Å². The van der Waals surface area contributed by atoms with Crippen molar-refractivity contribution in [3.05, 3.63) is 29.8 Å². The maximum atomic E-state index is 13.1. The Bertz CT molecular complexity index is 862. The molecule has 2 atom stereocenters. The molecule has 0 saturated carbocycles. The number of fused-ring (bicyclic) bond motifs is 2. The molecule has 2 aliphatic rings. The Labute approximate surface area is 168 Å². The predicted molar refractivity (Wildman–Crippen MR) is 102 cm³/mol. The summed E-state index contributed by atoms with van der Waals surface area (Å²) in [5.74, 6) is -1.33. The number of nitrogens with zero attached hydrogens (tertiary/aromatic N) is 1. The van der Waals surface area contributed by atoms with E-state index in [4.69, 9.17) is 9.47 Å². The summed E-state index contributed by atoms with van der Waals surface area (Å²) < 4.78 is 10.7. The zero-order valence-electron chi connectivity index (χ0n) is 16.9. The Morgan fingerprint density at radius 2 is 2.00 bits per heavy atom. The molecule has 29 heavy (non-hydrogen) atoms. The van der Waals surface area contributed by atoms with Crippen LogP contribution in [0.4, 0.5) is 4.79 Å². The molecule has 0 aromatic heterocycles. The highest BCUT2D eigenvalue weighted by atomic mass is 16.5. The lowest BCUT2D eigenvalue weighted by atomic mass is 9.84. The van der Waals surface area contributed by atoms with Gasteiger partial charge in [-0.05, 0) is 33.8 Å². The van der Waals surface area contributed by atoms with Gasteiger partial charge in [-0.3, -0.25) is 19.3 Å². The van der Waals surface area contributed by atoms with Crippen molar-refractivity contribution in [2.24, 2.45) is 0 Å². The number of urea groups is 1. The summed E-state index contributed by atoms with van der Waals surface area (Å²) in [5, 5.41) is 5.41. The van der Waals surface area contributed by atoms with Crippen LogP contribution in [0.15, 0.2) is 24.3 Å². The van der Waals surface area contributed by atoms with Crippen molar-refractivity contribution in [1.29, 1.82) is 0 Å². The van der Waals surface area contributed by atoms with Crippen LogP contribution >= 0.6 is 0 Å². The van der Waals surface area contributed by atoms with E-state index in [1.54, 1.807) is 45.0 Å². The molecular weight excluding hydrogens is 378 g/mol. The van der Waals surface area contributed by atoms with E-state index in [0.717, 1.165) is 4.90 Å². The smallest absolute Gasteiger partial charge is 0.327 e. The quantitative estimate of drug-likeness (QED) is 0.574. The van der Waals surface area contributed by atoms with E-state index in [2.05, 4.69) is 10.6 Å². The summed E-state index contributed by atoms with van der Waals surface area (Å²) in [4.78, 5) is 50.8. The SMILES string of the molecule is C[C@@H](OC(=O)CN1C(=O)N[C@]2(CCOc3ccccc32)C1=O)C(=O)NC(C)(C)C. The van der Waals surface area contributed by atoms with Gasteiger partial charge >= 0.3 is 12.0 Å². The van der Waals surface area contributed by atoms with E-state index < -0.39 is 47.5 Å². The molecule has 0 aliphatic carbocycles. The lowest BCUT2D eigenvalue weighted by Gasteiger charge is -2.33. The van der Waals surface area contributed by atoms with Crippen molar-refractivity contribution < 1.29 is 28.7 Å². The molecular formula is C20H25N3O6. The van der Waals surface area contributed by atoms with Crippen molar-refractivity contribution in [2.45, 2.75) is 51.3 Å². The third kappa shape index (κ3) is 4.03. The minimum atomic E-state index is -1.26. The van der Waals surface area contributed by atoms with Crippen LogP contribution in [0.3, 0.4) is 0 Å². The number of esters is 1. The zero-order valence-corrected chi connectivity index (χ0v) is 16.9. The largest absolute Gasteiger partial charge is 0.493 e. The molecule has 1 aromatic carbocycles. The third-order valence-electron chi connectivity index (χ3n) is 4.72. The van der Waals surface area contributed by atoms with Crippen molar-refractivity contribution in [2.75, 3.05) is 13.2 Å². The molecule has 156 valence electrons. The Morgan fingerprint density at radius 3 is 2.69 bits per heavy atom. The van der Waals surface area contributed by atoms with E-state index >= 15 is 0 Å². The van der Waals surface area contributed by atoms with Gasteiger partial charge in [-0.1, -0.05) is 18.2 Å². The van der Waals surface area contributed by atoms with Crippen LogP contribution in [0.25, 0.3) is 0 Å². The number of rotatable bonds is 4. The normalized spacial score (nSPS) is 21.9. The summed E-state index contributed by atoms with van der Waals surface area (Å²) in [5.41, 5.74) is -1.19. The van der Waals surface area contributed by atoms with Gasteiger partial charge in [-0.15, -0.1) is 0 Å². The molecule has 0 radical (unpaired) electrons. The second-order valence-corrected chi connectivity index (χ2v) is 8.19. The number of imide groups is 1. The van der Waals surface area contributed by atoms with Gasteiger partial charge in [0.2, 0.25) is 0 Å². The van der Waals surface area contributed by atoms with Gasteiger partial charge in [0.15, 0.2) is 11.6 Å². The predicted octanol–water partition coefficient (Wildman–Crippen LogP) is 1.06. The Balaban J connectivity index is 1.70. The van der Waals surface area contributed by atoms with Crippen LogP contribution < -0.4 is 15.4 Å². The van der Waals surface area contributed by atoms with Crippen LogP contribution in [0.2, 0.25) is 0 Å². The van der Waals surface area contributed by atoms with Gasteiger partial charge in [-0.25, -0.2) is 4.79 Å². The first-order valence-corrected chi connectivity index (χ1v) is 9.41. The molecule has 4 amide bonds. The number of benzene rings is 1. The highest BCUT2D eigenvalue weighted by Gasteiger charge is 2.55. The Hall–Kier alpha value is -3.10. The van der Waals surface area contributed by atoms with Crippen LogP contribution in [0.5, 0.6) is 5.75 Å². The third-order valence-corrected chi connectivity index (χ3v) is 4.72. The first kappa shape index (κ1) is 20.6. The van der Waals surface area contributed by atoms with E-state index in [1.165, 1.54) is 6.92 Å². The fourth-order valence-corrected chi connectivity index (χ4v) is 3.40. The highest BCUT2D eigenvalue weighted by Crippen LogP contribution is 2.40. The van der Waals surface area contributed by atoms with Crippen LogP contribution in [0, 0.1) is 0 Å². The summed E-state index contributed by atoms with van der Waals surface area (Å²) in [6.45, 7) is 6.52. The lowest BCUT2D eigenvalue weighted by molar-refractivity contribution is -0.157. The number of para-hydroxylation sites is 1. The number of hydrogen-bond acceptors (Lipinski definition) is 6. The molecule has 0 bridgehead atoms. The van der Waals surface area contributed by atoms with Crippen LogP contribution in [0.1, 0.15) is 39.7 Å². The molecule has 1 fully saturated rings. The Morgan fingerprint density at radius 1 is 1.31 bits per heavy atom. The fraction of sp³-hybridized carbons (Fsp3) is 0.500. The molecule has 2 heterocycles. The molecule has 9 nitrogen and oxygen atoms in total. The van der Waals surface area contributed by atoms with Crippen LogP contribution in [-0.2, 0) is 24.7 Å². The van der Waals surface area contributed by atoms with Gasteiger partial charge in [0.25, 0.3) is 11.8 Å². The maximum absolute atomic E-state index is 13.1. The van der Waals surface area contributed by atoms with Crippen molar-refractivity contribution in [3.8, 4) is 5.75 Å². The molecule has 3 rings (SSSR count). The second kappa shape index (κ2) is 7.38. The molecule has 1 saturated heterocycles. The summed E-state index contributed by atoms with van der Waals surface area (Å²) in [6, 6.07) is 6.28. The first-order valence-electron chi connectivity index (χ1n) is 9.41. The second-order valence-electron chi connectivity index (χ2n) is 8.19. The average molecular weight is 403 g/mol. The molecule has 9 heteroatoms. The molecule has 0 unspecified atom stereocenters. The molecule has 2 N–H and O–H groups in total. The van der Waals surface area contributed by atoms with Gasteiger partial charge < -0.3 is 20.1 Å². The minimum absolute atomic E-state index is 0.254. The number of carbonyl (C=O) groups excluding carboxylic acids is 4. The van der Waals surface area contributed by atoms with Crippen molar-refractivity contribution in [3.63, 3.8) is 0 Å². The van der Waals surface area contributed by atoms with E-state index in [9.17, 15) is 19.2 Å². The highest BCUT2D eigenvalue weighted by molar-refractivity contribution is 6.09. The number of hydrogen-bond donors (Lipinski definition) is 2. The van der Waals surface area contributed by atoms with E-state index in [1.807, 2.05) is 0 Å². The molecule has 1 spiro atoms. The number of ether oxygens (including phenoxy) is 2. The standard InChI is InChI=1S/C20H25N3O6/c1-12(16(25)21-19(2,3)4)29-15(24)11-23-17(26)20(22-18(23)27)9-10-28-14-8-6-5-7-13(14)20/h5-8,12H,9-11H2,1-4H3,(H,21,25)(H,22,27)/t12-,20+/m1/s1. The topological polar surface area (TPSA) is 114 Å². The van der Waals surface area contributed by atoms with Crippen molar-refractivity contribution in [1.82, 2.24) is 15.5 Å². The summed E-state index contributed by atoms with van der Waals surface area (Å²) in [6.07, 6.45) is -0.801. The van der Waals surface area contributed by atoms with Gasteiger partial charge in [0, 0.05) is 17.5 Å². The maximum Gasteiger partial charge on any atom is 0.327 e. The first-order chi connectivity index (χ1) is 13.5. The van der Waals surface area contributed by atoms with Gasteiger partial charge in [0.05, 0.1) is 6.61 Å². The number of amides is 4. The summed E-state index contributed by atoms with van der Waals surface area (Å²) in [7, 11) is 0. The Kier molecular flexibility index (Phi) is 5.25. The minimum Gasteiger partial charge on any atom is -0.493 e. The monoisotopic (exact) mass is 403 g/mol. The lowest BCUT2D eigenvalue weighted by Crippen LogP contribution is -2.48. The number of nitrogens with one attached hydrogen (secondary N) is 2. The fourth-order valence-electron chi connectivity index (χ4n) is 3.40. The molecule has 2 aliphatic heterocycles. The van der Waals surface area contributed by atoms with Gasteiger partial charge in [0.1, 0.15) is 12.3 Å². The molecule has 1 aromatic rings. The van der Waals surface area contributed by atoms with E-state index in [-0.39, 0.29) is 13.0 Å². The van der Waals surface area contributed by atoms with Gasteiger partial charge in [-0.2, -0.15) is 0 Å². The van der Waals surface area contributed by atoms with Crippen molar-refractivity contribution >= 4 is 23.8 Å². The zero-order chi connectivity index (χ0) is 21.4. The summed E-state index contributed by atoms with van der Waals surface area (Å²) >= 11 is 0. The number of carbonyl (C=O) groups is 4. The van der Waals surface area contributed by atoms with E-state index in [0.29, 0.717) is 11.3 Å².